The van der Waals surface area contributed by atoms with Gasteiger partial charge in [-0.15, -0.1) is 0 Å². The lowest BCUT2D eigenvalue weighted by atomic mass is 10.0. The van der Waals surface area contributed by atoms with Gasteiger partial charge in [-0.05, 0) is 42.0 Å². The van der Waals surface area contributed by atoms with Crippen LogP contribution in [0.5, 0.6) is 0 Å². The normalized spacial score (nSPS) is 12.8. The summed E-state index contributed by atoms with van der Waals surface area (Å²) in [5, 5.41) is 14.2. The fraction of sp³-hybridized carbons (Fsp3) is 0.471. The van der Waals surface area contributed by atoms with Gasteiger partial charge in [-0.3, -0.25) is 4.79 Å². The van der Waals surface area contributed by atoms with E-state index in [1.165, 1.54) is 0 Å². The largest absolute Gasteiger partial charge is 0.387 e. The first-order valence-corrected chi connectivity index (χ1v) is 7.57. The quantitative estimate of drug-likeness (QED) is 0.858. The molecule has 0 aliphatic carbocycles. The van der Waals surface area contributed by atoms with Gasteiger partial charge < -0.3 is 15.0 Å². The topological polar surface area (TPSA) is 54.3 Å². The molecule has 1 heterocycles. The second-order valence-electron chi connectivity index (χ2n) is 5.52. The molecule has 2 rings (SSSR count). The van der Waals surface area contributed by atoms with Crippen LogP contribution in [0.25, 0.3) is 10.9 Å². The van der Waals surface area contributed by atoms with Crippen LogP contribution in [0.15, 0.2) is 30.5 Å². The minimum Gasteiger partial charge on any atom is -0.387 e. The van der Waals surface area contributed by atoms with E-state index < -0.39 is 6.10 Å². The van der Waals surface area contributed by atoms with Crippen molar-refractivity contribution in [1.29, 1.82) is 0 Å². The van der Waals surface area contributed by atoms with E-state index in [4.69, 9.17) is 0 Å². The van der Waals surface area contributed by atoms with Crippen molar-refractivity contribution in [3.63, 3.8) is 0 Å². The summed E-state index contributed by atoms with van der Waals surface area (Å²) < 4.78 is 2.04. The van der Waals surface area contributed by atoms with Crippen LogP contribution in [0.2, 0.25) is 0 Å². The number of nitrogens with one attached hydrogen (secondary N) is 1. The van der Waals surface area contributed by atoms with Gasteiger partial charge in [0.1, 0.15) is 0 Å². The Kier molecular flexibility index (Phi) is 5.02. The van der Waals surface area contributed by atoms with Gasteiger partial charge in [0.05, 0.1) is 6.10 Å². The number of hydrogen-bond donors (Lipinski definition) is 2. The molecule has 1 aromatic carbocycles. The van der Waals surface area contributed by atoms with Gasteiger partial charge in [0.15, 0.2) is 0 Å². The van der Waals surface area contributed by atoms with E-state index in [-0.39, 0.29) is 18.4 Å². The fourth-order valence-electron chi connectivity index (χ4n) is 2.63. The molecule has 1 amide bonds. The number of carbonyl (C=O) groups is 1. The first-order valence-electron chi connectivity index (χ1n) is 7.57. The summed E-state index contributed by atoms with van der Waals surface area (Å²) in [6.45, 7) is 4.27. The third-order valence-corrected chi connectivity index (χ3v) is 4.12. The highest BCUT2D eigenvalue weighted by molar-refractivity contribution is 5.81. The first kappa shape index (κ1) is 15.6. The molecule has 114 valence electrons. The van der Waals surface area contributed by atoms with Crippen molar-refractivity contribution >= 4 is 16.8 Å². The molecule has 0 fully saturated rings. The Morgan fingerprint density at radius 2 is 2.00 bits per heavy atom. The molecule has 0 saturated heterocycles. The highest BCUT2D eigenvalue weighted by Gasteiger charge is 2.16. The lowest BCUT2D eigenvalue weighted by Crippen LogP contribution is -2.33. The number of rotatable bonds is 6. The Morgan fingerprint density at radius 1 is 1.29 bits per heavy atom. The predicted molar refractivity (Wildman–Crippen MR) is 85.0 cm³/mol. The van der Waals surface area contributed by atoms with Crippen LogP contribution in [-0.2, 0) is 11.8 Å². The van der Waals surface area contributed by atoms with E-state index in [0.717, 1.165) is 29.3 Å². The van der Waals surface area contributed by atoms with Crippen LogP contribution >= 0.6 is 0 Å². The number of nitrogens with zero attached hydrogens (tertiary/aromatic N) is 1. The van der Waals surface area contributed by atoms with E-state index in [2.05, 4.69) is 5.32 Å². The number of aromatic nitrogens is 1. The van der Waals surface area contributed by atoms with Crippen LogP contribution in [0.3, 0.4) is 0 Å². The van der Waals surface area contributed by atoms with Crippen LogP contribution in [0, 0.1) is 5.92 Å². The number of aliphatic hydroxyl groups is 1. The molecule has 1 atom stereocenters. The molecule has 0 spiro atoms. The van der Waals surface area contributed by atoms with E-state index in [0.29, 0.717) is 0 Å². The van der Waals surface area contributed by atoms with E-state index in [1.54, 1.807) is 0 Å². The molecule has 4 heteroatoms. The molecular formula is C17H24N2O2. The van der Waals surface area contributed by atoms with E-state index >= 15 is 0 Å². The van der Waals surface area contributed by atoms with Crippen LogP contribution in [0.4, 0.5) is 0 Å². The molecule has 1 aromatic heterocycles. The second-order valence-corrected chi connectivity index (χ2v) is 5.52. The molecule has 0 radical (unpaired) electrons. The Labute approximate surface area is 125 Å². The monoisotopic (exact) mass is 288 g/mol. The lowest BCUT2D eigenvalue weighted by Gasteiger charge is -2.16. The lowest BCUT2D eigenvalue weighted by molar-refractivity contribution is -0.125. The molecule has 2 N–H and O–H groups in total. The molecule has 0 aliphatic heterocycles. The first-order chi connectivity index (χ1) is 10.1. The van der Waals surface area contributed by atoms with E-state index in [1.807, 2.05) is 55.9 Å². The van der Waals surface area contributed by atoms with E-state index in [9.17, 15) is 9.90 Å². The van der Waals surface area contributed by atoms with Crippen molar-refractivity contribution < 1.29 is 9.90 Å². The third-order valence-electron chi connectivity index (χ3n) is 4.12. The Bertz CT molecular complexity index is 614. The smallest absolute Gasteiger partial charge is 0.223 e. The maximum Gasteiger partial charge on any atom is 0.223 e. The number of carbonyl (C=O) groups excluding carboxylic acids is 1. The number of benzene rings is 1. The second kappa shape index (κ2) is 6.76. The molecule has 4 nitrogen and oxygen atoms in total. The fourth-order valence-corrected chi connectivity index (χ4v) is 2.63. The highest BCUT2D eigenvalue weighted by atomic mass is 16.3. The van der Waals surface area contributed by atoms with Crippen molar-refractivity contribution in [3.05, 3.63) is 36.0 Å². The Balaban J connectivity index is 2.01. The molecule has 0 aliphatic rings. The van der Waals surface area contributed by atoms with Gasteiger partial charge >= 0.3 is 0 Å². The minimum absolute atomic E-state index is 0.0276. The van der Waals surface area contributed by atoms with Crippen molar-refractivity contribution in [1.82, 2.24) is 9.88 Å². The number of fused-ring (bicyclic) bond motifs is 1. The average Bonchev–Trinajstić information content (AvgIpc) is 2.87. The van der Waals surface area contributed by atoms with Gasteiger partial charge in [-0.25, -0.2) is 0 Å². The number of aliphatic hydroxyl groups excluding tert-OH is 1. The van der Waals surface area contributed by atoms with Crippen LogP contribution < -0.4 is 5.32 Å². The molecule has 0 saturated carbocycles. The predicted octanol–water partition coefficient (Wildman–Crippen LogP) is 2.76. The molecule has 21 heavy (non-hydrogen) atoms. The SMILES string of the molecule is CCC(CC)C(=O)NCC(O)c1ccc2c(ccn2C)c1. The maximum atomic E-state index is 11.9. The zero-order valence-corrected chi connectivity index (χ0v) is 13.0. The summed E-state index contributed by atoms with van der Waals surface area (Å²) in [5.41, 5.74) is 1.96. The van der Waals surface area contributed by atoms with Crippen LogP contribution in [-0.4, -0.2) is 22.1 Å². The summed E-state index contributed by atoms with van der Waals surface area (Å²) in [7, 11) is 1.99. The van der Waals surface area contributed by atoms with Crippen molar-refractivity contribution in [2.24, 2.45) is 13.0 Å². The molecular weight excluding hydrogens is 264 g/mol. The molecule has 2 aromatic rings. The van der Waals surface area contributed by atoms with Gasteiger partial charge in [0.2, 0.25) is 5.91 Å². The zero-order valence-electron chi connectivity index (χ0n) is 13.0. The molecule has 1 unspecified atom stereocenters. The van der Waals surface area contributed by atoms with Gasteiger partial charge in [0, 0.05) is 31.2 Å². The van der Waals surface area contributed by atoms with Gasteiger partial charge in [-0.2, -0.15) is 0 Å². The number of aryl methyl sites for hydroxylation is 1. The van der Waals surface area contributed by atoms with Gasteiger partial charge in [0.25, 0.3) is 0 Å². The molecule has 0 bridgehead atoms. The minimum atomic E-state index is -0.673. The maximum absolute atomic E-state index is 11.9. The van der Waals surface area contributed by atoms with Crippen LogP contribution in [0.1, 0.15) is 38.4 Å². The van der Waals surface area contributed by atoms with Crippen molar-refractivity contribution in [2.45, 2.75) is 32.8 Å². The van der Waals surface area contributed by atoms with Crippen molar-refractivity contribution in [3.8, 4) is 0 Å². The number of hydrogen-bond acceptors (Lipinski definition) is 2. The average molecular weight is 288 g/mol. The highest BCUT2D eigenvalue weighted by Crippen LogP contribution is 2.21. The third kappa shape index (κ3) is 3.45. The summed E-state index contributed by atoms with van der Waals surface area (Å²) in [6.07, 6.45) is 2.98. The Hall–Kier alpha value is -1.81. The summed E-state index contributed by atoms with van der Waals surface area (Å²) >= 11 is 0. The van der Waals surface area contributed by atoms with Gasteiger partial charge in [-0.1, -0.05) is 19.9 Å². The standard InChI is InChI=1S/C17H24N2O2/c1-4-12(5-2)17(21)18-11-16(20)14-6-7-15-13(10-14)8-9-19(15)3/h6-10,12,16,20H,4-5,11H2,1-3H3,(H,18,21). The number of amides is 1. The Morgan fingerprint density at radius 3 is 2.67 bits per heavy atom. The summed E-state index contributed by atoms with van der Waals surface area (Å²) in [6, 6.07) is 7.91. The summed E-state index contributed by atoms with van der Waals surface area (Å²) in [5.74, 6) is 0.0636. The zero-order chi connectivity index (χ0) is 15.4. The van der Waals surface area contributed by atoms with Crippen molar-refractivity contribution in [2.75, 3.05) is 6.54 Å². The summed E-state index contributed by atoms with van der Waals surface area (Å²) in [4.78, 5) is 11.9.